The largest absolute Gasteiger partial charge is 0.465 e. The lowest BCUT2D eigenvalue weighted by Crippen LogP contribution is -2.41. The zero-order valence-corrected chi connectivity index (χ0v) is 31.4. The van der Waals surface area contributed by atoms with Crippen molar-refractivity contribution in [1.82, 2.24) is 5.32 Å². The van der Waals surface area contributed by atoms with Gasteiger partial charge in [-0.2, -0.15) is 0 Å². The number of unbranched alkanes of at least 4 members (excludes halogenated alkanes) is 22. The molecule has 0 radical (unpaired) electrons. The van der Waals surface area contributed by atoms with Crippen LogP contribution in [0.15, 0.2) is 0 Å². The van der Waals surface area contributed by atoms with Gasteiger partial charge in [0, 0.05) is 0 Å². The number of carbonyl (C=O) groups excluding carboxylic acids is 2. The van der Waals surface area contributed by atoms with E-state index in [0.29, 0.717) is 19.6 Å². The Morgan fingerprint density at radius 2 is 0.809 bits per heavy atom. The molecule has 0 heterocycles. The second-order valence-corrected chi connectivity index (χ2v) is 13.3. The number of nitrogens with one attached hydrogen (secondary N) is 1. The van der Waals surface area contributed by atoms with E-state index in [-0.39, 0.29) is 5.97 Å². The Bertz CT molecular complexity index is 690. The van der Waals surface area contributed by atoms with Gasteiger partial charge < -0.3 is 25.6 Å². The molecular formula is C39H78N2O6. The molecule has 8 nitrogen and oxygen atoms in total. The van der Waals surface area contributed by atoms with Crippen LogP contribution in [0.1, 0.15) is 207 Å². The molecule has 0 spiro atoms. The molecule has 0 rings (SSSR count). The van der Waals surface area contributed by atoms with Gasteiger partial charge in [-0.3, -0.25) is 4.79 Å². The molecule has 0 fully saturated rings. The number of rotatable bonds is 33. The van der Waals surface area contributed by atoms with E-state index in [4.69, 9.17) is 20.3 Å². The fraction of sp³-hybridized carbons (Fsp3) is 0.923. The zero-order valence-electron chi connectivity index (χ0n) is 31.4. The Morgan fingerprint density at radius 1 is 0.489 bits per heavy atom. The molecule has 2 atom stereocenters. The molecule has 280 valence electrons. The minimum atomic E-state index is -1.17. The number of hydrogen-bond donors (Lipinski definition) is 3. The molecule has 0 aromatic heterocycles. The van der Waals surface area contributed by atoms with E-state index in [0.717, 1.165) is 70.6 Å². The summed E-state index contributed by atoms with van der Waals surface area (Å²) in [6, 6.07) is -1.15. The molecule has 0 aromatic carbocycles. The molecule has 1 amide bonds. The molecule has 0 bridgehead atoms. The number of amides is 1. The molecule has 2 unspecified atom stereocenters. The van der Waals surface area contributed by atoms with Crippen molar-refractivity contribution >= 4 is 18.0 Å². The maximum atomic E-state index is 12.0. The van der Waals surface area contributed by atoms with E-state index in [1.165, 1.54) is 103 Å². The summed E-state index contributed by atoms with van der Waals surface area (Å²) >= 11 is 0. The van der Waals surface area contributed by atoms with Crippen LogP contribution in [0.4, 0.5) is 4.79 Å². The van der Waals surface area contributed by atoms with Gasteiger partial charge in [0.15, 0.2) is 0 Å². The zero-order chi connectivity index (χ0) is 35.2. The number of carbonyl (C=O) groups is 3. The van der Waals surface area contributed by atoms with Gasteiger partial charge in [0.2, 0.25) is 0 Å². The number of hydrogen-bond acceptors (Lipinski definition) is 6. The van der Waals surface area contributed by atoms with E-state index in [1.54, 1.807) is 0 Å². The predicted molar refractivity (Wildman–Crippen MR) is 197 cm³/mol. The lowest BCUT2D eigenvalue weighted by molar-refractivity contribution is -0.146. The molecule has 0 saturated heterocycles. The fourth-order valence-electron chi connectivity index (χ4n) is 5.46. The van der Waals surface area contributed by atoms with Crippen molar-refractivity contribution in [3.05, 3.63) is 0 Å². The number of ether oxygens (including phenoxy) is 2. The number of carboxylic acid groups (broad SMARTS) is 1. The molecule has 0 aliphatic heterocycles. The van der Waals surface area contributed by atoms with E-state index in [9.17, 15) is 14.4 Å². The highest BCUT2D eigenvalue weighted by molar-refractivity contribution is 5.80. The summed E-state index contributed by atoms with van der Waals surface area (Å²) in [6.07, 6.45) is 31.5. The Labute approximate surface area is 290 Å². The van der Waals surface area contributed by atoms with Crippen molar-refractivity contribution in [1.29, 1.82) is 0 Å². The fourth-order valence-corrected chi connectivity index (χ4v) is 5.46. The first-order valence-corrected chi connectivity index (χ1v) is 19.9. The summed E-state index contributed by atoms with van der Waals surface area (Å²) in [6.45, 7) is 9.64. The maximum Gasteiger partial charge on any atom is 0.405 e. The van der Waals surface area contributed by atoms with E-state index in [2.05, 4.69) is 33.0 Å². The van der Waals surface area contributed by atoms with Crippen LogP contribution >= 0.6 is 0 Å². The van der Waals surface area contributed by atoms with Gasteiger partial charge in [-0.25, -0.2) is 9.59 Å². The topological polar surface area (TPSA) is 128 Å². The molecular weight excluding hydrogens is 592 g/mol. The van der Waals surface area contributed by atoms with Gasteiger partial charge in [-0.05, 0) is 25.7 Å². The van der Waals surface area contributed by atoms with Crippen LogP contribution in [0.3, 0.4) is 0 Å². The van der Waals surface area contributed by atoms with Crippen LogP contribution < -0.4 is 11.1 Å². The Hall–Kier alpha value is -1.83. The van der Waals surface area contributed by atoms with Crippen LogP contribution in [0, 0.1) is 0 Å². The smallest absolute Gasteiger partial charge is 0.405 e. The number of esters is 2. The summed E-state index contributed by atoms with van der Waals surface area (Å²) in [5, 5.41) is 11.1. The molecule has 47 heavy (non-hydrogen) atoms. The quantitative estimate of drug-likeness (QED) is 0.0468. The SMILES string of the molecule is CCCCCCCCCCCCOC(=O)C(CCCCC)NC(=O)O.CCCCCCCCCCCCOC(=O)C(N)CCCCC. The Balaban J connectivity index is 0. The molecule has 4 N–H and O–H groups in total. The molecule has 0 aromatic rings. The lowest BCUT2D eigenvalue weighted by atomic mass is 10.1. The average Bonchev–Trinajstić information content (AvgIpc) is 3.05. The third kappa shape index (κ3) is 36.8. The minimum Gasteiger partial charge on any atom is -0.465 e. The Kier molecular flexibility index (Phi) is 38.9. The normalized spacial score (nSPS) is 12.1. The standard InChI is InChI=1S/C20H39NO4.C19H39NO2/c1-3-5-7-8-9-10-11-12-13-15-17-25-19(22)18(21-20(23)24)16-14-6-4-2;1-3-5-7-8-9-10-11-12-13-15-17-22-19(21)18(20)16-14-6-4-2/h18,21H,3-17H2,1-2H3,(H,23,24);18H,3-17,20H2,1-2H3. The maximum absolute atomic E-state index is 12.0. The predicted octanol–water partition coefficient (Wildman–Crippen LogP) is 11.0. The van der Waals surface area contributed by atoms with E-state index >= 15 is 0 Å². The third-order valence-corrected chi connectivity index (χ3v) is 8.58. The van der Waals surface area contributed by atoms with Crippen LogP contribution in [0.2, 0.25) is 0 Å². The first kappa shape index (κ1) is 47.3. The summed E-state index contributed by atoms with van der Waals surface area (Å²) in [7, 11) is 0. The summed E-state index contributed by atoms with van der Waals surface area (Å²) in [5.41, 5.74) is 5.81. The van der Waals surface area contributed by atoms with Gasteiger partial charge in [0.1, 0.15) is 12.1 Å². The highest BCUT2D eigenvalue weighted by atomic mass is 16.5. The molecule has 0 aliphatic carbocycles. The van der Waals surface area contributed by atoms with Gasteiger partial charge in [-0.15, -0.1) is 0 Å². The van der Waals surface area contributed by atoms with Crippen molar-refractivity contribution in [3.8, 4) is 0 Å². The first-order valence-electron chi connectivity index (χ1n) is 19.9. The van der Waals surface area contributed by atoms with Gasteiger partial charge >= 0.3 is 18.0 Å². The third-order valence-electron chi connectivity index (χ3n) is 8.58. The van der Waals surface area contributed by atoms with Crippen LogP contribution in [-0.2, 0) is 19.1 Å². The van der Waals surface area contributed by atoms with E-state index in [1.807, 2.05) is 0 Å². The van der Waals surface area contributed by atoms with Gasteiger partial charge in [0.25, 0.3) is 0 Å². The van der Waals surface area contributed by atoms with Crippen LogP contribution in [-0.4, -0.2) is 48.4 Å². The summed E-state index contributed by atoms with van der Waals surface area (Å²) in [5.74, 6) is -0.651. The van der Waals surface area contributed by atoms with Crippen LogP contribution in [0.5, 0.6) is 0 Å². The second-order valence-electron chi connectivity index (χ2n) is 13.3. The van der Waals surface area contributed by atoms with Gasteiger partial charge in [0.05, 0.1) is 13.2 Å². The summed E-state index contributed by atoms with van der Waals surface area (Å²) < 4.78 is 10.5. The molecule has 0 aliphatic rings. The number of nitrogens with two attached hydrogens (primary N) is 1. The average molecular weight is 671 g/mol. The lowest BCUT2D eigenvalue weighted by Gasteiger charge is -2.15. The van der Waals surface area contributed by atoms with Crippen molar-refractivity contribution in [3.63, 3.8) is 0 Å². The van der Waals surface area contributed by atoms with E-state index < -0.39 is 24.1 Å². The molecule has 8 heteroatoms. The first-order chi connectivity index (χ1) is 22.8. The van der Waals surface area contributed by atoms with Crippen molar-refractivity contribution in [2.45, 2.75) is 220 Å². The summed E-state index contributed by atoms with van der Waals surface area (Å²) in [4.78, 5) is 34.4. The minimum absolute atomic E-state index is 0.216. The van der Waals surface area contributed by atoms with Crippen molar-refractivity contribution < 1.29 is 29.0 Å². The highest BCUT2D eigenvalue weighted by Crippen LogP contribution is 2.12. The second kappa shape index (κ2) is 38.6. The van der Waals surface area contributed by atoms with Crippen LogP contribution in [0.25, 0.3) is 0 Å². The highest BCUT2D eigenvalue weighted by Gasteiger charge is 2.21. The van der Waals surface area contributed by atoms with Crippen molar-refractivity contribution in [2.24, 2.45) is 5.73 Å². The van der Waals surface area contributed by atoms with Crippen molar-refractivity contribution in [2.75, 3.05) is 13.2 Å². The van der Waals surface area contributed by atoms with Gasteiger partial charge in [-0.1, -0.05) is 182 Å². The molecule has 0 saturated carbocycles. The monoisotopic (exact) mass is 671 g/mol. The Morgan fingerprint density at radius 3 is 1.19 bits per heavy atom.